The van der Waals surface area contributed by atoms with E-state index in [0.29, 0.717) is 24.2 Å². The predicted octanol–water partition coefficient (Wildman–Crippen LogP) is 4.19. The molecular weight excluding hydrogens is 392 g/mol. The van der Waals surface area contributed by atoms with Gasteiger partial charge in [-0.15, -0.1) is 0 Å². The van der Waals surface area contributed by atoms with Gasteiger partial charge < -0.3 is 14.9 Å². The molecule has 2 atom stereocenters. The SMILES string of the molecule is CC(CC(=O)O)(Cc1nc(CCCC2CCc3cccnc3N2)no1)c1ccccc1. The third-order valence-electron chi connectivity index (χ3n) is 6.01. The molecule has 1 aliphatic heterocycles. The molecule has 0 aliphatic carbocycles. The number of aliphatic carboxylic acids is 1. The summed E-state index contributed by atoms with van der Waals surface area (Å²) in [5.74, 6) is 1.31. The van der Waals surface area contributed by atoms with E-state index in [1.807, 2.05) is 49.5 Å². The molecule has 3 aromatic rings. The number of nitrogens with zero attached hydrogens (tertiary/aromatic N) is 3. The smallest absolute Gasteiger partial charge is 0.304 e. The lowest BCUT2D eigenvalue weighted by molar-refractivity contribution is -0.138. The summed E-state index contributed by atoms with van der Waals surface area (Å²) >= 11 is 0. The van der Waals surface area contributed by atoms with E-state index in [1.165, 1.54) is 5.56 Å². The van der Waals surface area contributed by atoms with Crippen molar-refractivity contribution in [3.05, 3.63) is 71.5 Å². The van der Waals surface area contributed by atoms with Crippen LogP contribution in [0.1, 0.15) is 55.4 Å². The van der Waals surface area contributed by atoms with Gasteiger partial charge in [0.2, 0.25) is 5.89 Å². The summed E-state index contributed by atoms with van der Waals surface area (Å²) < 4.78 is 5.47. The van der Waals surface area contributed by atoms with Crippen LogP contribution in [0, 0.1) is 0 Å². The van der Waals surface area contributed by atoms with Gasteiger partial charge in [-0.2, -0.15) is 4.98 Å². The number of carboxylic acid groups (broad SMARTS) is 1. The molecule has 7 nitrogen and oxygen atoms in total. The molecule has 1 aromatic carbocycles. The highest BCUT2D eigenvalue weighted by atomic mass is 16.5. The van der Waals surface area contributed by atoms with Crippen LogP contribution >= 0.6 is 0 Å². The summed E-state index contributed by atoms with van der Waals surface area (Å²) in [6.07, 6.45) is 7.06. The van der Waals surface area contributed by atoms with Gasteiger partial charge >= 0.3 is 5.97 Å². The van der Waals surface area contributed by atoms with E-state index in [2.05, 4.69) is 26.5 Å². The van der Waals surface area contributed by atoms with Crippen LogP contribution in [-0.2, 0) is 29.5 Å². The van der Waals surface area contributed by atoms with Crippen LogP contribution in [-0.4, -0.2) is 32.2 Å². The number of anilines is 1. The maximum Gasteiger partial charge on any atom is 0.304 e. The Morgan fingerprint density at radius 3 is 2.90 bits per heavy atom. The number of carbonyl (C=O) groups is 1. The summed E-state index contributed by atoms with van der Waals surface area (Å²) in [7, 11) is 0. The Hall–Kier alpha value is -3.22. The Bertz CT molecular complexity index is 1020. The molecule has 0 spiro atoms. The van der Waals surface area contributed by atoms with Gasteiger partial charge in [0.05, 0.1) is 6.42 Å². The van der Waals surface area contributed by atoms with Crippen molar-refractivity contribution in [3.8, 4) is 0 Å². The van der Waals surface area contributed by atoms with Gasteiger partial charge in [0.15, 0.2) is 5.82 Å². The number of rotatable bonds is 9. The fraction of sp³-hybridized carbons (Fsp3) is 0.417. The number of carboxylic acids is 1. The average molecular weight is 421 g/mol. The van der Waals surface area contributed by atoms with E-state index < -0.39 is 11.4 Å². The molecule has 0 amide bonds. The predicted molar refractivity (Wildman–Crippen MR) is 117 cm³/mol. The second-order valence-corrected chi connectivity index (χ2v) is 8.56. The molecule has 2 N–H and O–H groups in total. The monoisotopic (exact) mass is 420 g/mol. The first kappa shape index (κ1) is 21.0. The molecule has 162 valence electrons. The van der Waals surface area contributed by atoms with Gasteiger partial charge in [-0.3, -0.25) is 4.79 Å². The average Bonchev–Trinajstić information content (AvgIpc) is 3.20. The number of aryl methyl sites for hydroxylation is 2. The molecular formula is C24H28N4O3. The maximum atomic E-state index is 11.5. The Labute approximate surface area is 181 Å². The van der Waals surface area contributed by atoms with Gasteiger partial charge in [-0.05, 0) is 42.9 Å². The standard InChI is InChI=1S/C24H28N4O3/c1-24(16-22(29)30,18-8-3-2-4-9-18)15-21-27-20(28-31-21)11-5-10-19-13-12-17-7-6-14-25-23(17)26-19/h2-4,6-9,14,19H,5,10-13,15-16H2,1H3,(H,25,26)(H,29,30). The van der Waals surface area contributed by atoms with Crippen LogP contribution in [0.5, 0.6) is 0 Å². The minimum Gasteiger partial charge on any atom is -0.481 e. The molecule has 0 radical (unpaired) electrons. The summed E-state index contributed by atoms with van der Waals surface area (Å²) in [5.41, 5.74) is 1.63. The molecule has 0 saturated carbocycles. The normalized spacial score (nSPS) is 17.4. The minimum absolute atomic E-state index is 0.00240. The molecule has 2 aromatic heterocycles. The lowest BCUT2D eigenvalue weighted by Gasteiger charge is -2.26. The number of benzene rings is 1. The zero-order valence-corrected chi connectivity index (χ0v) is 17.8. The molecule has 31 heavy (non-hydrogen) atoms. The number of hydrogen-bond acceptors (Lipinski definition) is 6. The molecule has 0 bridgehead atoms. The van der Waals surface area contributed by atoms with Crippen LogP contribution in [0.3, 0.4) is 0 Å². The van der Waals surface area contributed by atoms with Crippen molar-refractivity contribution in [1.29, 1.82) is 0 Å². The highest BCUT2D eigenvalue weighted by Gasteiger charge is 2.32. The van der Waals surface area contributed by atoms with Crippen molar-refractivity contribution in [2.75, 3.05) is 5.32 Å². The number of nitrogens with one attached hydrogen (secondary N) is 1. The molecule has 0 fully saturated rings. The summed E-state index contributed by atoms with van der Waals surface area (Å²) in [5, 5.41) is 17.1. The Morgan fingerprint density at radius 2 is 2.10 bits per heavy atom. The number of aromatic nitrogens is 3. The third-order valence-corrected chi connectivity index (χ3v) is 6.01. The Morgan fingerprint density at radius 1 is 1.26 bits per heavy atom. The molecule has 3 heterocycles. The van der Waals surface area contributed by atoms with E-state index in [1.54, 1.807) is 0 Å². The highest BCUT2D eigenvalue weighted by Crippen LogP contribution is 2.31. The van der Waals surface area contributed by atoms with E-state index >= 15 is 0 Å². The van der Waals surface area contributed by atoms with Crippen LogP contribution in [0.15, 0.2) is 53.2 Å². The molecule has 2 unspecified atom stereocenters. The first-order valence-corrected chi connectivity index (χ1v) is 10.8. The van der Waals surface area contributed by atoms with Crippen molar-refractivity contribution < 1.29 is 14.4 Å². The van der Waals surface area contributed by atoms with Gasteiger partial charge in [0, 0.05) is 30.5 Å². The van der Waals surface area contributed by atoms with E-state index in [-0.39, 0.29) is 6.42 Å². The van der Waals surface area contributed by atoms with E-state index in [9.17, 15) is 9.90 Å². The first-order chi connectivity index (χ1) is 15.0. The molecule has 7 heteroatoms. The van der Waals surface area contributed by atoms with Crippen LogP contribution in [0.4, 0.5) is 5.82 Å². The fourth-order valence-corrected chi connectivity index (χ4v) is 4.33. The Balaban J connectivity index is 1.33. The van der Waals surface area contributed by atoms with Crippen molar-refractivity contribution in [3.63, 3.8) is 0 Å². The number of pyridine rings is 1. The van der Waals surface area contributed by atoms with E-state index in [4.69, 9.17) is 4.52 Å². The number of hydrogen-bond donors (Lipinski definition) is 2. The van der Waals surface area contributed by atoms with Gasteiger partial charge in [-0.25, -0.2) is 4.98 Å². The van der Waals surface area contributed by atoms with Gasteiger partial charge in [0.25, 0.3) is 0 Å². The Kier molecular flexibility index (Phi) is 6.30. The van der Waals surface area contributed by atoms with Crippen LogP contribution in [0.2, 0.25) is 0 Å². The van der Waals surface area contributed by atoms with Crippen molar-refractivity contribution in [2.45, 2.75) is 63.3 Å². The lowest BCUT2D eigenvalue weighted by atomic mass is 9.76. The lowest BCUT2D eigenvalue weighted by Crippen LogP contribution is -2.28. The van der Waals surface area contributed by atoms with Crippen molar-refractivity contribution in [2.24, 2.45) is 0 Å². The zero-order chi connectivity index (χ0) is 21.7. The topological polar surface area (TPSA) is 101 Å². The van der Waals surface area contributed by atoms with Gasteiger partial charge in [-0.1, -0.05) is 48.5 Å². The molecule has 4 rings (SSSR count). The fourth-order valence-electron chi connectivity index (χ4n) is 4.33. The largest absolute Gasteiger partial charge is 0.481 e. The summed E-state index contributed by atoms with van der Waals surface area (Å²) in [6, 6.07) is 14.2. The number of fused-ring (bicyclic) bond motifs is 1. The summed E-state index contributed by atoms with van der Waals surface area (Å²) in [6.45, 7) is 1.93. The second-order valence-electron chi connectivity index (χ2n) is 8.56. The van der Waals surface area contributed by atoms with E-state index in [0.717, 1.165) is 43.5 Å². The molecule has 0 saturated heterocycles. The quantitative estimate of drug-likeness (QED) is 0.535. The van der Waals surface area contributed by atoms with Gasteiger partial charge in [0.1, 0.15) is 5.82 Å². The highest BCUT2D eigenvalue weighted by molar-refractivity contribution is 5.69. The maximum absolute atomic E-state index is 11.5. The summed E-state index contributed by atoms with van der Waals surface area (Å²) in [4.78, 5) is 20.4. The third kappa shape index (κ3) is 5.29. The zero-order valence-electron chi connectivity index (χ0n) is 17.8. The second kappa shape index (κ2) is 9.29. The molecule has 1 aliphatic rings. The van der Waals surface area contributed by atoms with Crippen molar-refractivity contribution >= 4 is 11.8 Å². The van der Waals surface area contributed by atoms with Crippen molar-refractivity contribution in [1.82, 2.24) is 15.1 Å². The van der Waals surface area contributed by atoms with Crippen LogP contribution < -0.4 is 5.32 Å². The van der Waals surface area contributed by atoms with Crippen LogP contribution in [0.25, 0.3) is 0 Å². The first-order valence-electron chi connectivity index (χ1n) is 10.8. The minimum atomic E-state index is -0.845.